The zero-order valence-electron chi connectivity index (χ0n) is 17.5. The predicted octanol–water partition coefficient (Wildman–Crippen LogP) is 2.76. The van der Waals surface area contributed by atoms with Crippen LogP contribution in [0.5, 0.6) is 11.5 Å². The van der Waals surface area contributed by atoms with Crippen molar-refractivity contribution in [1.82, 2.24) is 9.88 Å². The number of ether oxygens (including phenoxy) is 3. The number of esters is 1. The van der Waals surface area contributed by atoms with Gasteiger partial charge >= 0.3 is 5.97 Å². The molecule has 0 unspecified atom stereocenters. The van der Waals surface area contributed by atoms with E-state index in [0.29, 0.717) is 35.2 Å². The van der Waals surface area contributed by atoms with Gasteiger partial charge < -0.3 is 19.1 Å². The molecule has 0 amide bonds. The topological polar surface area (TPSA) is 107 Å². The van der Waals surface area contributed by atoms with Crippen LogP contribution in [0.1, 0.15) is 12.6 Å². The van der Waals surface area contributed by atoms with Crippen LogP contribution in [-0.2, 0) is 26.2 Å². The second kappa shape index (κ2) is 9.13. The molecule has 4 rings (SSSR count). The molecule has 0 atom stereocenters. The number of hydrogen-bond acceptors (Lipinski definition) is 9. The van der Waals surface area contributed by atoms with Gasteiger partial charge in [0.15, 0.2) is 11.5 Å². The molecule has 0 saturated carbocycles. The molecule has 0 aliphatic carbocycles. The maximum absolute atomic E-state index is 12.5. The summed E-state index contributed by atoms with van der Waals surface area (Å²) < 4.78 is 43.2. The summed E-state index contributed by atoms with van der Waals surface area (Å²) in [6.45, 7) is 2.71. The number of methoxy groups -OCH3 is 1. The minimum Gasteiger partial charge on any atom is -0.493 e. The number of nitrogens with zero attached hydrogens (tertiary/aromatic N) is 3. The maximum Gasteiger partial charge on any atom is 0.340 e. The van der Waals surface area contributed by atoms with Crippen molar-refractivity contribution in [2.45, 2.75) is 13.5 Å². The Kier molecular flexibility index (Phi) is 6.28. The minimum absolute atomic E-state index is 0.0179. The number of fused-ring (bicyclic) bond motifs is 1. The van der Waals surface area contributed by atoms with Crippen molar-refractivity contribution in [3.05, 3.63) is 53.2 Å². The van der Waals surface area contributed by atoms with Crippen molar-refractivity contribution in [3.63, 3.8) is 0 Å². The van der Waals surface area contributed by atoms with Gasteiger partial charge in [0.05, 0.1) is 30.7 Å². The van der Waals surface area contributed by atoms with E-state index in [-0.39, 0.29) is 18.9 Å². The van der Waals surface area contributed by atoms with Gasteiger partial charge in [-0.25, -0.2) is 18.2 Å². The van der Waals surface area contributed by atoms with Crippen molar-refractivity contribution in [1.29, 1.82) is 0 Å². The van der Waals surface area contributed by atoms with E-state index in [2.05, 4.69) is 9.38 Å². The van der Waals surface area contributed by atoms with Crippen molar-refractivity contribution >= 4 is 33.2 Å². The lowest BCUT2D eigenvalue weighted by Gasteiger charge is -2.26. The third-order valence-corrected chi connectivity index (χ3v) is 6.78. The lowest BCUT2D eigenvalue weighted by molar-refractivity contribution is -0.140. The number of rotatable bonds is 7. The molecule has 0 radical (unpaired) electrons. The molecule has 11 heteroatoms. The standard InChI is InChI=1S/C21H21N3O6S2/c1-3-29-17-6-4-14(10-18(17)28-2)20-22-16(13-31-20)12-30-21(25)15-5-7-19-23-32(26,27)9-8-24(19)11-15/h4-7,10-11,13H,3,8-9,12H2,1-2H3. The van der Waals surface area contributed by atoms with E-state index in [1.807, 2.05) is 30.5 Å². The van der Waals surface area contributed by atoms with Crippen molar-refractivity contribution in [2.75, 3.05) is 26.0 Å². The van der Waals surface area contributed by atoms with E-state index >= 15 is 0 Å². The van der Waals surface area contributed by atoms with Gasteiger partial charge in [0.2, 0.25) is 0 Å². The van der Waals surface area contributed by atoms with Crippen LogP contribution >= 0.6 is 11.3 Å². The van der Waals surface area contributed by atoms with E-state index in [0.717, 1.165) is 10.6 Å². The smallest absolute Gasteiger partial charge is 0.340 e. The number of carbonyl (C=O) groups is 1. The molecule has 0 spiro atoms. The molecular weight excluding hydrogens is 454 g/mol. The Labute approximate surface area is 189 Å². The van der Waals surface area contributed by atoms with Crippen LogP contribution in [0.3, 0.4) is 0 Å². The molecule has 2 aliphatic heterocycles. The van der Waals surface area contributed by atoms with Gasteiger partial charge in [0.1, 0.15) is 17.5 Å². The molecule has 168 valence electrons. The van der Waals surface area contributed by atoms with Gasteiger partial charge in [-0.2, -0.15) is 0 Å². The Morgan fingerprint density at radius 1 is 1.25 bits per heavy atom. The predicted molar refractivity (Wildman–Crippen MR) is 120 cm³/mol. The highest BCUT2D eigenvalue weighted by molar-refractivity contribution is 7.90. The highest BCUT2D eigenvalue weighted by Gasteiger charge is 2.25. The summed E-state index contributed by atoms with van der Waals surface area (Å²) in [7, 11) is -1.86. The summed E-state index contributed by atoms with van der Waals surface area (Å²) in [6, 6.07) is 5.59. The first kappa shape index (κ1) is 22.0. The monoisotopic (exact) mass is 475 g/mol. The van der Waals surface area contributed by atoms with Crippen LogP contribution in [0, 0.1) is 0 Å². The molecule has 2 aromatic rings. The molecule has 0 fully saturated rings. The van der Waals surface area contributed by atoms with Crippen LogP contribution < -0.4 is 9.47 Å². The van der Waals surface area contributed by atoms with Crippen molar-refractivity contribution < 1.29 is 27.4 Å². The third-order valence-electron chi connectivity index (χ3n) is 4.67. The van der Waals surface area contributed by atoms with Gasteiger partial charge in [0.25, 0.3) is 10.0 Å². The molecule has 2 aliphatic rings. The summed E-state index contributed by atoms with van der Waals surface area (Å²) >= 11 is 1.43. The molecule has 32 heavy (non-hydrogen) atoms. The van der Waals surface area contributed by atoms with Gasteiger partial charge in [0, 0.05) is 23.7 Å². The second-order valence-electron chi connectivity index (χ2n) is 6.87. The SMILES string of the molecule is CCOc1ccc(-c2nc(COC(=O)C3=CN4CCS(=O)(=O)N=C4C=C3)cs2)cc1OC. The fourth-order valence-electron chi connectivity index (χ4n) is 3.13. The van der Waals surface area contributed by atoms with E-state index in [9.17, 15) is 13.2 Å². The molecular formula is C21H21N3O6S2. The second-order valence-corrected chi connectivity index (χ2v) is 9.48. The highest BCUT2D eigenvalue weighted by Crippen LogP contribution is 2.34. The maximum atomic E-state index is 12.5. The average Bonchev–Trinajstić information content (AvgIpc) is 3.26. The third kappa shape index (κ3) is 4.83. The van der Waals surface area contributed by atoms with Crippen LogP contribution in [0.25, 0.3) is 10.6 Å². The number of aromatic nitrogens is 1. The number of amidine groups is 1. The summed E-state index contributed by atoms with van der Waals surface area (Å²) in [6.07, 6.45) is 4.54. The molecule has 9 nitrogen and oxygen atoms in total. The summed E-state index contributed by atoms with van der Waals surface area (Å²) in [5.41, 5.74) is 1.81. The van der Waals surface area contributed by atoms with E-state index in [4.69, 9.17) is 14.2 Å². The number of carbonyl (C=O) groups excluding carboxylic acids is 1. The summed E-state index contributed by atoms with van der Waals surface area (Å²) in [5.74, 6) is 0.963. The van der Waals surface area contributed by atoms with Gasteiger partial charge in [-0.05, 0) is 37.3 Å². The summed E-state index contributed by atoms with van der Waals surface area (Å²) in [5, 5.41) is 2.60. The Bertz CT molecular complexity index is 1230. The number of benzene rings is 1. The Morgan fingerprint density at radius 2 is 2.09 bits per heavy atom. The highest BCUT2D eigenvalue weighted by atomic mass is 32.2. The zero-order chi connectivity index (χ0) is 22.7. The van der Waals surface area contributed by atoms with Crippen LogP contribution in [-0.4, -0.2) is 56.1 Å². The van der Waals surface area contributed by atoms with E-state index in [1.54, 1.807) is 18.2 Å². The first-order chi connectivity index (χ1) is 15.4. The normalized spacial score (nSPS) is 16.6. The Morgan fingerprint density at radius 3 is 2.88 bits per heavy atom. The van der Waals surface area contributed by atoms with Crippen molar-refractivity contribution in [3.8, 4) is 22.1 Å². The molecule has 0 bridgehead atoms. The fourth-order valence-corrected chi connectivity index (χ4v) is 4.90. The number of sulfonamides is 1. The lowest BCUT2D eigenvalue weighted by atomic mass is 10.2. The van der Waals surface area contributed by atoms with Crippen LogP contribution in [0.15, 0.2) is 51.9 Å². The number of hydrogen-bond donors (Lipinski definition) is 0. The van der Waals surface area contributed by atoms with E-state index < -0.39 is 16.0 Å². The fraction of sp³-hybridized carbons (Fsp3) is 0.286. The minimum atomic E-state index is -3.44. The van der Waals surface area contributed by atoms with Gasteiger partial charge in [-0.3, -0.25) is 0 Å². The molecule has 1 aromatic heterocycles. The molecule has 1 aromatic carbocycles. The Balaban J connectivity index is 1.40. The number of thiazole rings is 1. The van der Waals surface area contributed by atoms with Gasteiger partial charge in [-0.1, -0.05) is 0 Å². The zero-order valence-corrected chi connectivity index (χ0v) is 19.1. The molecule has 0 saturated heterocycles. The lowest BCUT2D eigenvalue weighted by Crippen LogP contribution is -2.37. The first-order valence-corrected chi connectivity index (χ1v) is 12.3. The quantitative estimate of drug-likeness (QED) is 0.563. The first-order valence-electron chi connectivity index (χ1n) is 9.80. The van der Waals surface area contributed by atoms with E-state index in [1.165, 1.54) is 23.5 Å². The van der Waals surface area contributed by atoms with Crippen LogP contribution in [0.4, 0.5) is 0 Å². The molecule has 3 heterocycles. The summed E-state index contributed by atoms with van der Waals surface area (Å²) in [4.78, 5) is 18.6. The van der Waals surface area contributed by atoms with Crippen LogP contribution in [0.2, 0.25) is 0 Å². The van der Waals surface area contributed by atoms with Gasteiger partial charge in [-0.15, -0.1) is 15.7 Å². The van der Waals surface area contributed by atoms with Crippen molar-refractivity contribution in [2.24, 2.45) is 4.40 Å². The average molecular weight is 476 g/mol. The Hall–Kier alpha value is -3.18. The largest absolute Gasteiger partial charge is 0.493 e. The molecule has 0 N–H and O–H groups in total.